The maximum Gasteiger partial charge on any atom is 0.186 e. The number of hydrogen-bond donors (Lipinski definition) is 1. The van der Waals surface area contributed by atoms with E-state index in [1.54, 1.807) is 7.11 Å². The van der Waals surface area contributed by atoms with E-state index in [1.165, 1.54) is 0 Å². The van der Waals surface area contributed by atoms with Crippen molar-refractivity contribution in [2.45, 2.75) is 44.2 Å². The molecule has 0 amide bonds. The topological polar surface area (TPSA) is 57.2 Å². The van der Waals surface area contributed by atoms with Gasteiger partial charge < -0.3 is 24.1 Å². The number of aliphatic hydroxyl groups is 1. The molecule has 0 aromatic heterocycles. The van der Waals surface area contributed by atoms with Crippen molar-refractivity contribution in [2.24, 2.45) is 0 Å². The molecule has 2 aliphatic rings. The van der Waals surface area contributed by atoms with Crippen LogP contribution in [0.4, 0.5) is 0 Å². The van der Waals surface area contributed by atoms with E-state index in [2.05, 4.69) is 0 Å². The molecule has 2 saturated heterocycles. The van der Waals surface area contributed by atoms with Crippen molar-refractivity contribution < 1.29 is 24.1 Å². The SMILES string of the molecule is COC1OC[C@@H](O)C2OC(C)(C)OC12. The van der Waals surface area contributed by atoms with Crippen LogP contribution >= 0.6 is 0 Å². The van der Waals surface area contributed by atoms with Gasteiger partial charge in [0.1, 0.15) is 18.3 Å². The van der Waals surface area contributed by atoms with Gasteiger partial charge >= 0.3 is 0 Å². The van der Waals surface area contributed by atoms with Gasteiger partial charge in [-0.1, -0.05) is 0 Å². The Kier molecular flexibility index (Phi) is 2.53. The van der Waals surface area contributed by atoms with Crippen molar-refractivity contribution in [3.63, 3.8) is 0 Å². The lowest BCUT2D eigenvalue weighted by Crippen LogP contribution is -2.51. The molecule has 0 bridgehead atoms. The highest BCUT2D eigenvalue weighted by atomic mass is 16.8. The van der Waals surface area contributed by atoms with Gasteiger partial charge in [0, 0.05) is 7.11 Å². The van der Waals surface area contributed by atoms with Gasteiger partial charge in [0.05, 0.1) is 6.61 Å². The molecule has 0 spiro atoms. The maximum atomic E-state index is 9.64. The maximum absolute atomic E-state index is 9.64. The van der Waals surface area contributed by atoms with Crippen molar-refractivity contribution in [1.82, 2.24) is 0 Å². The normalized spacial score (nSPS) is 46.3. The highest BCUT2D eigenvalue weighted by molar-refractivity contribution is 4.91. The number of methoxy groups -OCH3 is 1. The monoisotopic (exact) mass is 204 g/mol. The van der Waals surface area contributed by atoms with Gasteiger partial charge in [0.15, 0.2) is 12.1 Å². The molecule has 0 aromatic rings. The minimum absolute atomic E-state index is 0.221. The van der Waals surface area contributed by atoms with E-state index in [1.807, 2.05) is 13.8 Å². The molecule has 5 heteroatoms. The van der Waals surface area contributed by atoms with E-state index in [0.29, 0.717) is 0 Å². The number of ether oxygens (including phenoxy) is 4. The molecular weight excluding hydrogens is 188 g/mol. The Morgan fingerprint density at radius 1 is 1.29 bits per heavy atom. The van der Waals surface area contributed by atoms with Gasteiger partial charge in [0.2, 0.25) is 0 Å². The second kappa shape index (κ2) is 3.43. The smallest absolute Gasteiger partial charge is 0.186 e. The van der Waals surface area contributed by atoms with Crippen LogP contribution < -0.4 is 0 Å². The molecule has 0 aliphatic carbocycles. The van der Waals surface area contributed by atoms with Gasteiger partial charge in [-0.2, -0.15) is 0 Å². The summed E-state index contributed by atoms with van der Waals surface area (Å²) in [6.07, 6.45) is -1.80. The minimum atomic E-state index is -0.680. The summed E-state index contributed by atoms with van der Waals surface area (Å²) in [4.78, 5) is 0. The Labute approximate surface area is 82.9 Å². The molecule has 4 atom stereocenters. The lowest BCUT2D eigenvalue weighted by atomic mass is 10.1. The van der Waals surface area contributed by atoms with E-state index in [4.69, 9.17) is 18.9 Å². The van der Waals surface area contributed by atoms with E-state index < -0.39 is 18.2 Å². The number of aliphatic hydroxyl groups excluding tert-OH is 1. The summed E-state index contributed by atoms with van der Waals surface area (Å²) in [5.74, 6) is -0.680. The van der Waals surface area contributed by atoms with Crippen LogP contribution in [0, 0.1) is 0 Å². The molecule has 2 heterocycles. The van der Waals surface area contributed by atoms with E-state index in [9.17, 15) is 5.11 Å². The Morgan fingerprint density at radius 3 is 2.57 bits per heavy atom. The lowest BCUT2D eigenvalue weighted by molar-refractivity contribution is -0.237. The van der Waals surface area contributed by atoms with Gasteiger partial charge in [-0.3, -0.25) is 0 Å². The molecule has 14 heavy (non-hydrogen) atoms. The van der Waals surface area contributed by atoms with Crippen molar-refractivity contribution in [2.75, 3.05) is 13.7 Å². The fourth-order valence-corrected chi connectivity index (χ4v) is 1.91. The molecule has 0 aromatic carbocycles. The zero-order chi connectivity index (χ0) is 10.3. The molecule has 3 unspecified atom stereocenters. The van der Waals surface area contributed by atoms with Crippen LogP contribution in [0.2, 0.25) is 0 Å². The molecule has 82 valence electrons. The summed E-state index contributed by atoms with van der Waals surface area (Å²) in [5.41, 5.74) is 0. The summed E-state index contributed by atoms with van der Waals surface area (Å²) >= 11 is 0. The molecule has 1 N–H and O–H groups in total. The third-order valence-electron chi connectivity index (χ3n) is 2.47. The zero-order valence-electron chi connectivity index (χ0n) is 8.60. The second-order valence-corrected chi connectivity index (χ2v) is 4.07. The van der Waals surface area contributed by atoms with Gasteiger partial charge in [0.25, 0.3) is 0 Å². The largest absolute Gasteiger partial charge is 0.388 e. The van der Waals surface area contributed by atoms with Crippen molar-refractivity contribution >= 4 is 0 Å². The van der Waals surface area contributed by atoms with E-state index >= 15 is 0 Å². The van der Waals surface area contributed by atoms with Gasteiger partial charge in [-0.05, 0) is 13.8 Å². The summed E-state index contributed by atoms with van der Waals surface area (Å²) < 4.78 is 21.5. The average molecular weight is 204 g/mol. The molecule has 0 saturated carbocycles. The minimum Gasteiger partial charge on any atom is -0.388 e. The first-order chi connectivity index (χ1) is 6.53. The van der Waals surface area contributed by atoms with Crippen LogP contribution in [0.5, 0.6) is 0 Å². The molecule has 2 aliphatic heterocycles. The first-order valence-electron chi connectivity index (χ1n) is 4.71. The number of fused-ring (bicyclic) bond motifs is 1. The Bertz CT molecular complexity index is 217. The van der Waals surface area contributed by atoms with Gasteiger partial charge in [-0.25, -0.2) is 0 Å². The third-order valence-corrected chi connectivity index (χ3v) is 2.47. The van der Waals surface area contributed by atoms with Crippen molar-refractivity contribution in [3.8, 4) is 0 Å². The average Bonchev–Trinajstić information content (AvgIpc) is 2.42. The van der Waals surface area contributed by atoms with Crippen molar-refractivity contribution in [1.29, 1.82) is 0 Å². The highest BCUT2D eigenvalue weighted by Gasteiger charge is 2.51. The molecule has 0 radical (unpaired) electrons. The Balaban J connectivity index is 2.14. The molecular formula is C9H16O5. The van der Waals surface area contributed by atoms with Crippen LogP contribution in [-0.4, -0.2) is 49.2 Å². The predicted molar refractivity (Wildman–Crippen MR) is 46.6 cm³/mol. The summed E-state index contributed by atoms with van der Waals surface area (Å²) in [5, 5.41) is 9.64. The number of rotatable bonds is 1. The quantitative estimate of drug-likeness (QED) is 0.644. The summed E-state index contributed by atoms with van der Waals surface area (Å²) in [6.45, 7) is 3.84. The Morgan fingerprint density at radius 2 is 1.93 bits per heavy atom. The van der Waals surface area contributed by atoms with Crippen LogP contribution in [0.3, 0.4) is 0 Å². The Hall–Kier alpha value is -0.200. The zero-order valence-corrected chi connectivity index (χ0v) is 8.60. The fourth-order valence-electron chi connectivity index (χ4n) is 1.91. The third kappa shape index (κ3) is 1.66. The lowest BCUT2D eigenvalue weighted by Gasteiger charge is -2.33. The molecule has 2 fully saturated rings. The van der Waals surface area contributed by atoms with E-state index in [-0.39, 0.29) is 18.8 Å². The molecule has 5 nitrogen and oxygen atoms in total. The first-order valence-corrected chi connectivity index (χ1v) is 4.71. The standard InChI is InChI=1S/C9H16O5/c1-9(2)13-6-5(10)4-12-8(11-3)7(6)14-9/h5-8,10H,4H2,1-3H3/t5-,6?,7?,8?/m1/s1. The van der Waals surface area contributed by atoms with Crippen LogP contribution in [0.25, 0.3) is 0 Å². The molecule has 2 rings (SSSR count). The van der Waals surface area contributed by atoms with Crippen LogP contribution in [0.1, 0.15) is 13.8 Å². The summed E-state index contributed by atoms with van der Waals surface area (Å²) in [6, 6.07) is 0. The highest BCUT2D eigenvalue weighted by Crippen LogP contribution is 2.35. The second-order valence-electron chi connectivity index (χ2n) is 4.07. The van der Waals surface area contributed by atoms with Gasteiger partial charge in [-0.15, -0.1) is 0 Å². The first kappa shape index (κ1) is 10.3. The van der Waals surface area contributed by atoms with Crippen LogP contribution in [-0.2, 0) is 18.9 Å². The van der Waals surface area contributed by atoms with E-state index in [0.717, 1.165) is 0 Å². The fraction of sp³-hybridized carbons (Fsp3) is 1.00. The number of hydrogen-bond acceptors (Lipinski definition) is 5. The van der Waals surface area contributed by atoms with Crippen LogP contribution in [0.15, 0.2) is 0 Å². The van der Waals surface area contributed by atoms with Crippen molar-refractivity contribution in [3.05, 3.63) is 0 Å². The summed E-state index contributed by atoms with van der Waals surface area (Å²) in [7, 11) is 1.55. The predicted octanol–water partition coefficient (Wildman–Crippen LogP) is -0.130.